The zero-order valence-electron chi connectivity index (χ0n) is 10.1. The second kappa shape index (κ2) is 4.07. The third-order valence-corrected chi connectivity index (χ3v) is 3.26. The zero-order chi connectivity index (χ0) is 12.7. The first-order valence-corrected chi connectivity index (χ1v) is 5.99. The van der Waals surface area contributed by atoms with Gasteiger partial charge < -0.3 is 0 Å². The summed E-state index contributed by atoms with van der Waals surface area (Å²) < 4.78 is 1.94. The third kappa shape index (κ3) is 1.57. The number of aromatic nitrogens is 4. The van der Waals surface area contributed by atoms with E-state index in [1.807, 2.05) is 48.6 Å². The van der Waals surface area contributed by atoms with Crippen molar-refractivity contribution in [3.63, 3.8) is 0 Å². The summed E-state index contributed by atoms with van der Waals surface area (Å²) in [6.07, 6.45) is 0. The third-order valence-electron chi connectivity index (χ3n) is 3.00. The fourth-order valence-electron chi connectivity index (χ4n) is 1.95. The van der Waals surface area contributed by atoms with Crippen molar-refractivity contribution in [1.82, 2.24) is 19.6 Å². The van der Waals surface area contributed by atoms with E-state index in [4.69, 9.17) is 11.6 Å². The number of hydrogen-bond acceptors (Lipinski definition) is 3. The summed E-state index contributed by atoms with van der Waals surface area (Å²) in [5.74, 6) is 0.788. The van der Waals surface area contributed by atoms with Gasteiger partial charge in [0.1, 0.15) is 0 Å². The molecule has 0 aliphatic heterocycles. The average molecular weight is 259 g/mol. The van der Waals surface area contributed by atoms with Gasteiger partial charge in [0.2, 0.25) is 0 Å². The molecule has 2 aromatic heterocycles. The fourth-order valence-corrected chi connectivity index (χ4v) is 2.20. The summed E-state index contributed by atoms with van der Waals surface area (Å²) in [6.45, 7) is 3.91. The highest BCUT2D eigenvalue weighted by Crippen LogP contribution is 2.23. The molecule has 0 saturated carbocycles. The Bertz CT molecular complexity index is 719. The number of aryl methyl sites for hydroxylation is 2. The largest absolute Gasteiger partial charge is 0.275 e. The fraction of sp³-hybridized carbons (Fsp3) is 0.154. The van der Waals surface area contributed by atoms with Crippen molar-refractivity contribution in [2.45, 2.75) is 13.8 Å². The van der Waals surface area contributed by atoms with Crippen molar-refractivity contribution >= 4 is 17.2 Å². The van der Waals surface area contributed by atoms with Crippen LogP contribution in [0.3, 0.4) is 0 Å². The van der Waals surface area contributed by atoms with Gasteiger partial charge in [-0.1, -0.05) is 41.9 Å². The number of rotatable bonds is 1. The summed E-state index contributed by atoms with van der Waals surface area (Å²) in [5.41, 5.74) is 3.48. The van der Waals surface area contributed by atoms with E-state index in [1.54, 1.807) is 0 Å². The van der Waals surface area contributed by atoms with E-state index in [0.717, 1.165) is 22.8 Å². The summed E-state index contributed by atoms with van der Waals surface area (Å²) >= 11 is 6.10. The van der Waals surface area contributed by atoms with Gasteiger partial charge in [-0.2, -0.15) is 0 Å². The Balaban J connectivity index is 2.39. The summed E-state index contributed by atoms with van der Waals surface area (Å²) in [5, 5.41) is 8.71. The zero-order valence-corrected chi connectivity index (χ0v) is 10.8. The first kappa shape index (κ1) is 11.2. The van der Waals surface area contributed by atoms with Gasteiger partial charge in [0.05, 0.1) is 5.69 Å². The SMILES string of the molecule is Cc1nc(Cl)c2nnc(-c3ccccc3)n2c1C. The molecule has 0 unspecified atom stereocenters. The molecule has 0 spiro atoms. The van der Waals surface area contributed by atoms with Crippen molar-refractivity contribution in [3.8, 4) is 11.4 Å². The van der Waals surface area contributed by atoms with E-state index >= 15 is 0 Å². The second-order valence-electron chi connectivity index (χ2n) is 4.12. The topological polar surface area (TPSA) is 43.1 Å². The molecule has 3 aromatic rings. The van der Waals surface area contributed by atoms with Gasteiger partial charge in [-0.05, 0) is 13.8 Å². The summed E-state index contributed by atoms with van der Waals surface area (Å²) in [7, 11) is 0. The molecule has 0 atom stereocenters. The maximum Gasteiger partial charge on any atom is 0.199 e. The normalized spacial score (nSPS) is 11.1. The highest BCUT2D eigenvalue weighted by molar-refractivity contribution is 6.32. The lowest BCUT2D eigenvalue weighted by Gasteiger charge is -2.07. The quantitative estimate of drug-likeness (QED) is 0.674. The van der Waals surface area contributed by atoms with Crippen LogP contribution in [0.4, 0.5) is 0 Å². The number of halogens is 1. The van der Waals surface area contributed by atoms with Crippen LogP contribution in [0.5, 0.6) is 0 Å². The van der Waals surface area contributed by atoms with Crippen LogP contribution in [0, 0.1) is 13.8 Å². The van der Waals surface area contributed by atoms with E-state index in [-0.39, 0.29) is 0 Å². The average Bonchev–Trinajstić information content (AvgIpc) is 2.82. The Hall–Kier alpha value is -1.94. The first-order chi connectivity index (χ1) is 8.68. The number of fused-ring (bicyclic) bond motifs is 1. The molecule has 0 aliphatic carbocycles. The number of benzene rings is 1. The Morgan fingerprint density at radius 3 is 2.50 bits per heavy atom. The lowest BCUT2D eigenvalue weighted by Crippen LogP contribution is -2.00. The van der Waals surface area contributed by atoms with Crippen LogP contribution in [-0.4, -0.2) is 19.6 Å². The molecule has 0 saturated heterocycles. The summed E-state index contributed by atoms with van der Waals surface area (Å²) in [4.78, 5) is 4.25. The monoisotopic (exact) mass is 258 g/mol. The standard InChI is InChI=1S/C13H11ClN4/c1-8-9(2)18-12(10-6-4-3-5-7-10)16-17-13(18)11(14)15-8/h3-7H,1-2H3. The van der Waals surface area contributed by atoms with Crippen molar-refractivity contribution in [3.05, 3.63) is 46.9 Å². The Kier molecular flexibility index (Phi) is 2.52. The molecule has 4 nitrogen and oxygen atoms in total. The van der Waals surface area contributed by atoms with Crippen molar-refractivity contribution in [1.29, 1.82) is 0 Å². The van der Waals surface area contributed by atoms with Gasteiger partial charge in [0, 0.05) is 11.3 Å². The minimum Gasteiger partial charge on any atom is -0.275 e. The molecule has 0 amide bonds. The smallest absolute Gasteiger partial charge is 0.199 e. The van der Waals surface area contributed by atoms with Crippen molar-refractivity contribution in [2.75, 3.05) is 0 Å². The van der Waals surface area contributed by atoms with Crippen LogP contribution in [0.25, 0.3) is 17.0 Å². The molecule has 0 fully saturated rings. The maximum atomic E-state index is 6.10. The second-order valence-corrected chi connectivity index (χ2v) is 4.48. The Morgan fingerprint density at radius 1 is 1.06 bits per heavy atom. The van der Waals surface area contributed by atoms with E-state index in [2.05, 4.69) is 15.2 Å². The van der Waals surface area contributed by atoms with Crippen molar-refractivity contribution in [2.24, 2.45) is 0 Å². The highest BCUT2D eigenvalue weighted by Gasteiger charge is 2.14. The van der Waals surface area contributed by atoms with Gasteiger partial charge in [0.25, 0.3) is 0 Å². The van der Waals surface area contributed by atoms with Gasteiger partial charge in [-0.3, -0.25) is 4.40 Å². The number of nitrogens with zero attached hydrogens (tertiary/aromatic N) is 4. The molecule has 18 heavy (non-hydrogen) atoms. The Morgan fingerprint density at radius 2 is 1.78 bits per heavy atom. The predicted octanol–water partition coefficient (Wildman–Crippen LogP) is 3.06. The lowest BCUT2D eigenvalue weighted by molar-refractivity contribution is 1.000. The van der Waals surface area contributed by atoms with Gasteiger partial charge in [-0.25, -0.2) is 4.98 Å². The van der Waals surface area contributed by atoms with Crippen LogP contribution in [0.2, 0.25) is 5.15 Å². The van der Waals surface area contributed by atoms with Crippen molar-refractivity contribution < 1.29 is 0 Å². The lowest BCUT2D eigenvalue weighted by atomic mass is 10.2. The van der Waals surface area contributed by atoms with Crippen LogP contribution >= 0.6 is 11.6 Å². The molecular formula is C13H11ClN4. The molecule has 0 N–H and O–H groups in total. The maximum absolute atomic E-state index is 6.10. The molecule has 0 aliphatic rings. The van der Waals surface area contributed by atoms with Crippen LogP contribution in [0.1, 0.15) is 11.4 Å². The summed E-state index contributed by atoms with van der Waals surface area (Å²) in [6, 6.07) is 9.92. The van der Waals surface area contributed by atoms with Crippen LogP contribution < -0.4 is 0 Å². The minimum atomic E-state index is 0.382. The molecule has 5 heteroatoms. The molecule has 1 aromatic carbocycles. The van der Waals surface area contributed by atoms with Gasteiger partial charge in [-0.15, -0.1) is 10.2 Å². The first-order valence-electron chi connectivity index (χ1n) is 5.61. The Labute approximate surface area is 109 Å². The highest BCUT2D eigenvalue weighted by atomic mass is 35.5. The van der Waals surface area contributed by atoms with E-state index < -0.39 is 0 Å². The van der Waals surface area contributed by atoms with Gasteiger partial charge >= 0.3 is 0 Å². The van der Waals surface area contributed by atoms with Crippen LogP contribution in [0.15, 0.2) is 30.3 Å². The van der Waals surface area contributed by atoms with E-state index in [0.29, 0.717) is 10.8 Å². The van der Waals surface area contributed by atoms with E-state index in [9.17, 15) is 0 Å². The van der Waals surface area contributed by atoms with Gasteiger partial charge in [0.15, 0.2) is 16.6 Å². The molecule has 90 valence electrons. The molecule has 0 radical (unpaired) electrons. The predicted molar refractivity (Wildman–Crippen MR) is 70.7 cm³/mol. The molecule has 2 heterocycles. The minimum absolute atomic E-state index is 0.382. The molecule has 0 bridgehead atoms. The number of hydrogen-bond donors (Lipinski definition) is 0. The molecular weight excluding hydrogens is 248 g/mol. The van der Waals surface area contributed by atoms with E-state index in [1.165, 1.54) is 0 Å². The van der Waals surface area contributed by atoms with Crippen LogP contribution in [-0.2, 0) is 0 Å². The molecule has 3 rings (SSSR count).